The Morgan fingerprint density at radius 1 is 1.07 bits per heavy atom. The molecule has 2 amide bonds. The zero-order valence-electron chi connectivity index (χ0n) is 16.3. The van der Waals surface area contributed by atoms with Crippen LogP contribution in [0.3, 0.4) is 0 Å². The topological polar surface area (TPSA) is 69.3 Å². The van der Waals surface area contributed by atoms with Gasteiger partial charge in [-0.25, -0.2) is 4.98 Å². The average molecular weight is 380 g/mol. The number of amides is 2. The number of H-pyrrole nitrogens is 1. The van der Waals surface area contributed by atoms with E-state index in [0.29, 0.717) is 23.7 Å². The van der Waals surface area contributed by atoms with Gasteiger partial charge in [0.05, 0.1) is 17.6 Å². The largest absolute Gasteiger partial charge is 0.348 e. The maximum absolute atomic E-state index is 13.2. The Hall–Kier alpha value is -2.11. The van der Waals surface area contributed by atoms with Crippen molar-refractivity contribution in [3.05, 3.63) is 29.9 Å². The molecule has 3 aliphatic carbocycles. The molecule has 6 rings (SSSR count). The van der Waals surface area contributed by atoms with Gasteiger partial charge in [0.15, 0.2) is 0 Å². The predicted molar refractivity (Wildman–Crippen MR) is 103 cm³/mol. The quantitative estimate of drug-likeness (QED) is 0.800. The van der Waals surface area contributed by atoms with Crippen LogP contribution in [0.2, 0.25) is 0 Å². The monoisotopic (exact) mass is 380 g/mol. The summed E-state index contributed by atoms with van der Waals surface area (Å²) >= 11 is 0. The third-order valence-corrected chi connectivity index (χ3v) is 7.95. The van der Waals surface area contributed by atoms with Crippen molar-refractivity contribution in [3.8, 4) is 0 Å². The molecule has 0 unspecified atom stereocenters. The molecule has 6 heteroatoms. The van der Waals surface area contributed by atoms with Crippen LogP contribution in [0.25, 0.3) is 0 Å². The number of likely N-dealkylation sites (tertiary alicyclic amines) is 1. The fourth-order valence-corrected chi connectivity index (χ4v) is 6.25. The summed E-state index contributed by atoms with van der Waals surface area (Å²) < 4.78 is 0. The number of aromatic nitrogens is 2. The van der Waals surface area contributed by atoms with Gasteiger partial charge in [-0.2, -0.15) is 0 Å². The normalized spacial score (nSPS) is 32.8. The Morgan fingerprint density at radius 3 is 2.57 bits per heavy atom. The minimum atomic E-state index is -0.321. The van der Waals surface area contributed by atoms with Crippen LogP contribution >= 0.6 is 0 Å². The van der Waals surface area contributed by atoms with E-state index in [1.165, 1.54) is 5.69 Å². The van der Waals surface area contributed by atoms with Crippen LogP contribution in [0.1, 0.15) is 49.9 Å². The third kappa shape index (κ3) is 2.36. The second-order valence-corrected chi connectivity index (χ2v) is 9.49. The van der Waals surface area contributed by atoms with Gasteiger partial charge in [-0.3, -0.25) is 9.59 Å². The van der Waals surface area contributed by atoms with Gasteiger partial charge >= 0.3 is 0 Å². The summed E-state index contributed by atoms with van der Waals surface area (Å²) in [7, 11) is 0. The number of hydrogen-bond acceptors (Lipinski definition) is 3. The molecule has 5 aliphatic rings. The van der Waals surface area contributed by atoms with Crippen LogP contribution in [0.15, 0.2) is 18.5 Å². The summed E-state index contributed by atoms with van der Waals surface area (Å²) in [5, 5.41) is 0. The van der Waals surface area contributed by atoms with E-state index < -0.39 is 0 Å². The van der Waals surface area contributed by atoms with E-state index in [2.05, 4.69) is 31.9 Å². The Kier molecular flexibility index (Phi) is 3.57. The van der Waals surface area contributed by atoms with Crippen LogP contribution in [-0.2, 0) is 21.5 Å². The number of rotatable bonds is 2. The number of piperidine rings is 1. The first-order chi connectivity index (χ1) is 13.7. The molecule has 2 saturated carbocycles. The molecule has 0 aromatic carbocycles. The lowest BCUT2D eigenvalue weighted by atomic mass is 9.78. The maximum Gasteiger partial charge on any atom is 0.226 e. The highest BCUT2D eigenvalue weighted by molar-refractivity contribution is 5.83. The van der Waals surface area contributed by atoms with Crippen LogP contribution in [0, 0.1) is 23.7 Å². The van der Waals surface area contributed by atoms with Crippen LogP contribution in [-0.4, -0.2) is 51.2 Å². The fraction of sp³-hybridized carbons (Fsp3) is 0.682. The summed E-state index contributed by atoms with van der Waals surface area (Å²) in [6.45, 7) is 2.24. The second-order valence-electron chi connectivity index (χ2n) is 9.49. The fourth-order valence-electron chi connectivity index (χ4n) is 6.25. The van der Waals surface area contributed by atoms with Gasteiger partial charge < -0.3 is 14.8 Å². The van der Waals surface area contributed by atoms with Crippen molar-refractivity contribution >= 4 is 11.8 Å². The molecule has 28 heavy (non-hydrogen) atoms. The molecule has 3 heterocycles. The number of hydrogen-bond donors (Lipinski definition) is 1. The van der Waals surface area contributed by atoms with Gasteiger partial charge in [0.1, 0.15) is 0 Å². The van der Waals surface area contributed by atoms with Gasteiger partial charge in [0, 0.05) is 43.6 Å². The summed E-state index contributed by atoms with van der Waals surface area (Å²) in [4.78, 5) is 38.4. The van der Waals surface area contributed by atoms with Gasteiger partial charge in [0.2, 0.25) is 11.8 Å². The van der Waals surface area contributed by atoms with Crippen LogP contribution in [0.4, 0.5) is 0 Å². The summed E-state index contributed by atoms with van der Waals surface area (Å²) in [5.41, 5.74) is 1.92. The van der Waals surface area contributed by atoms with Crippen molar-refractivity contribution in [1.82, 2.24) is 19.8 Å². The van der Waals surface area contributed by atoms with E-state index in [0.717, 1.165) is 70.3 Å². The Labute approximate surface area is 165 Å². The van der Waals surface area contributed by atoms with Crippen molar-refractivity contribution in [3.63, 3.8) is 0 Å². The standard InChI is InChI=1S/C22H28N4O2/c27-20(15-3-4-15)26-8-5-18-19(24-13-23-18)22(26)6-9-25(10-7-22)21(28)17-12-14-1-2-16(17)11-14/h1-2,13-17H,3-12H2,(H,23,24)/t14-,16+,17-/m1/s1. The van der Waals surface area contributed by atoms with Crippen molar-refractivity contribution in [2.75, 3.05) is 19.6 Å². The molecule has 2 bridgehead atoms. The molecule has 148 valence electrons. The number of carbonyl (C=O) groups excluding carboxylic acids is 2. The van der Waals surface area contributed by atoms with Gasteiger partial charge in [-0.15, -0.1) is 0 Å². The van der Waals surface area contributed by atoms with Crippen molar-refractivity contribution in [1.29, 1.82) is 0 Å². The van der Waals surface area contributed by atoms with E-state index in [1.807, 2.05) is 0 Å². The highest BCUT2D eigenvalue weighted by atomic mass is 16.2. The number of nitrogens with zero attached hydrogens (tertiary/aromatic N) is 3. The van der Waals surface area contributed by atoms with E-state index in [-0.39, 0.29) is 17.4 Å². The molecule has 3 fully saturated rings. The maximum atomic E-state index is 13.2. The lowest BCUT2D eigenvalue weighted by Crippen LogP contribution is -2.59. The molecular weight excluding hydrogens is 352 g/mol. The highest BCUT2D eigenvalue weighted by Crippen LogP contribution is 2.47. The van der Waals surface area contributed by atoms with Crippen LogP contribution in [0.5, 0.6) is 0 Å². The van der Waals surface area contributed by atoms with Gasteiger partial charge in [-0.05, 0) is 50.4 Å². The zero-order chi connectivity index (χ0) is 18.9. The first-order valence-corrected chi connectivity index (χ1v) is 11.0. The predicted octanol–water partition coefficient (Wildman–Crippen LogP) is 2.23. The smallest absolute Gasteiger partial charge is 0.226 e. The van der Waals surface area contributed by atoms with Crippen molar-refractivity contribution < 1.29 is 9.59 Å². The number of imidazole rings is 1. The molecule has 6 nitrogen and oxygen atoms in total. The first kappa shape index (κ1) is 16.8. The Balaban J connectivity index is 1.24. The number of aromatic amines is 1. The lowest BCUT2D eigenvalue weighted by Gasteiger charge is -2.51. The second kappa shape index (κ2) is 5.94. The minimum Gasteiger partial charge on any atom is -0.348 e. The van der Waals surface area contributed by atoms with E-state index in [9.17, 15) is 9.59 Å². The molecule has 1 N–H and O–H groups in total. The van der Waals surface area contributed by atoms with E-state index >= 15 is 0 Å². The molecule has 1 aromatic rings. The number of carbonyl (C=O) groups is 2. The average Bonchev–Trinajstić information content (AvgIpc) is 3.12. The minimum absolute atomic E-state index is 0.181. The summed E-state index contributed by atoms with van der Waals surface area (Å²) in [5.74, 6) is 2.12. The third-order valence-electron chi connectivity index (χ3n) is 7.95. The molecule has 1 aromatic heterocycles. The molecular formula is C22H28N4O2. The number of nitrogens with one attached hydrogen (secondary N) is 1. The molecule has 0 radical (unpaired) electrons. The molecule has 1 spiro atoms. The Morgan fingerprint density at radius 2 is 1.89 bits per heavy atom. The van der Waals surface area contributed by atoms with Crippen molar-refractivity contribution in [2.45, 2.75) is 50.5 Å². The first-order valence-electron chi connectivity index (χ1n) is 11.0. The summed E-state index contributed by atoms with van der Waals surface area (Å²) in [6.07, 6.45) is 13.1. The molecule has 1 saturated heterocycles. The number of fused-ring (bicyclic) bond motifs is 4. The van der Waals surface area contributed by atoms with Crippen LogP contribution < -0.4 is 0 Å². The summed E-state index contributed by atoms with van der Waals surface area (Å²) in [6, 6.07) is 0. The SMILES string of the molecule is O=C([C@@H]1C[C@@H]2C=C[C@H]1C2)N1CCC2(CC1)c1nc[nH]c1CCN2C(=O)C1CC1. The molecule has 3 atom stereocenters. The van der Waals surface area contributed by atoms with Gasteiger partial charge in [-0.1, -0.05) is 12.2 Å². The molecule has 2 aliphatic heterocycles. The van der Waals surface area contributed by atoms with Gasteiger partial charge in [0.25, 0.3) is 0 Å². The van der Waals surface area contributed by atoms with E-state index in [1.54, 1.807) is 6.33 Å². The number of allylic oxidation sites excluding steroid dienone is 2. The highest BCUT2D eigenvalue weighted by Gasteiger charge is 2.52. The van der Waals surface area contributed by atoms with Crippen molar-refractivity contribution in [2.24, 2.45) is 23.7 Å². The lowest BCUT2D eigenvalue weighted by molar-refractivity contribution is -0.147. The zero-order valence-corrected chi connectivity index (χ0v) is 16.3. The Bertz CT molecular complexity index is 846. The van der Waals surface area contributed by atoms with E-state index in [4.69, 9.17) is 0 Å².